The maximum Gasteiger partial charge on any atom is 0.227 e. The van der Waals surface area contributed by atoms with E-state index in [0.717, 1.165) is 64.7 Å². The van der Waals surface area contributed by atoms with Gasteiger partial charge >= 0.3 is 0 Å². The van der Waals surface area contributed by atoms with Crippen LogP contribution in [0.1, 0.15) is 49.9 Å². The predicted octanol–water partition coefficient (Wildman–Crippen LogP) is 6.53. The highest BCUT2D eigenvalue weighted by Gasteiger charge is 2.18. The topological polar surface area (TPSA) is 38.4 Å². The Bertz CT molecular complexity index is 1010. The average molecular weight is 346 g/mol. The molecular formula is C23H26N2O. The van der Waals surface area contributed by atoms with Gasteiger partial charge in [0.2, 0.25) is 5.71 Å². The smallest absolute Gasteiger partial charge is 0.227 e. The highest BCUT2D eigenvalue weighted by atomic mass is 16.3. The van der Waals surface area contributed by atoms with E-state index in [9.17, 15) is 0 Å². The largest absolute Gasteiger partial charge is 0.437 e. The van der Waals surface area contributed by atoms with Gasteiger partial charge in [0.05, 0.1) is 5.71 Å². The Morgan fingerprint density at radius 1 is 1.15 bits per heavy atom. The lowest BCUT2D eigenvalue weighted by atomic mass is 9.96. The minimum absolute atomic E-state index is 0.672. The van der Waals surface area contributed by atoms with Crippen LogP contribution in [0.15, 0.2) is 58.6 Å². The molecule has 3 aromatic rings. The summed E-state index contributed by atoms with van der Waals surface area (Å²) in [5, 5.41) is 2.10. The van der Waals surface area contributed by atoms with E-state index in [0.29, 0.717) is 5.71 Å². The fraction of sp³-hybridized carbons (Fsp3) is 0.304. The van der Waals surface area contributed by atoms with Crippen molar-refractivity contribution < 1.29 is 4.42 Å². The van der Waals surface area contributed by atoms with Gasteiger partial charge in [0.1, 0.15) is 5.58 Å². The second-order valence-electron chi connectivity index (χ2n) is 6.65. The molecule has 3 heteroatoms. The zero-order valence-corrected chi connectivity index (χ0v) is 15.9. The van der Waals surface area contributed by atoms with E-state index >= 15 is 0 Å². The Morgan fingerprint density at radius 2 is 1.92 bits per heavy atom. The monoisotopic (exact) mass is 346 g/mol. The highest BCUT2D eigenvalue weighted by molar-refractivity contribution is 6.19. The molecule has 0 bridgehead atoms. The Morgan fingerprint density at radius 3 is 2.62 bits per heavy atom. The van der Waals surface area contributed by atoms with E-state index in [1.54, 1.807) is 6.08 Å². The Labute approximate surface area is 155 Å². The molecule has 0 aliphatic carbocycles. The number of aliphatic imine (C=N–C) groups is 1. The normalized spacial score (nSPS) is 12.0. The van der Waals surface area contributed by atoms with Crippen molar-refractivity contribution in [1.82, 2.24) is 4.98 Å². The van der Waals surface area contributed by atoms with Crippen LogP contribution in [0.2, 0.25) is 0 Å². The van der Waals surface area contributed by atoms with E-state index in [1.807, 2.05) is 13.0 Å². The molecule has 2 heterocycles. The molecule has 0 spiro atoms. The Balaban J connectivity index is 2.32. The lowest BCUT2D eigenvalue weighted by Crippen LogP contribution is -2.04. The summed E-state index contributed by atoms with van der Waals surface area (Å²) in [7, 11) is 0. The quantitative estimate of drug-likeness (QED) is 0.456. The lowest BCUT2D eigenvalue weighted by molar-refractivity contribution is 0.651. The van der Waals surface area contributed by atoms with Crippen molar-refractivity contribution in [2.45, 2.75) is 46.5 Å². The van der Waals surface area contributed by atoms with Crippen LogP contribution in [0.4, 0.5) is 0 Å². The summed E-state index contributed by atoms with van der Waals surface area (Å²) in [4.78, 5) is 9.31. The number of hydrogen-bond acceptors (Lipinski definition) is 3. The summed E-state index contributed by atoms with van der Waals surface area (Å²) >= 11 is 0. The van der Waals surface area contributed by atoms with Crippen molar-refractivity contribution in [2.24, 2.45) is 4.99 Å². The van der Waals surface area contributed by atoms with Gasteiger partial charge in [-0.3, -0.25) is 4.99 Å². The van der Waals surface area contributed by atoms with Crippen molar-refractivity contribution in [3.8, 4) is 0 Å². The van der Waals surface area contributed by atoms with Gasteiger partial charge in [0, 0.05) is 27.7 Å². The number of nitrogens with zero attached hydrogens (tertiary/aromatic N) is 2. The molecule has 0 atom stereocenters. The van der Waals surface area contributed by atoms with Crippen LogP contribution in [-0.4, -0.2) is 10.7 Å². The summed E-state index contributed by atoms with van der Waals surface area (Å²) in [5.41, 5.74) is 6.39. The molecule has 0 unspecified atom stereocenters. The fourth-order valence-electron chi connectivity index (χ4n) is 3.33. The first-order valence-electron chi connectivity index (χ1n) is 9.30. The number of pyridine rings is 1. The number of aryl methyl sites for hydroxylation is 2. The molecule has 26 heavy (non-hydrogen) atoms. The van der Waals surface area contributed by atoms with Crippen LogP contribution in [0.3, 0.4) is 0 Å². The van der Waals surface area contributed by atoms with Crippen molar-refractivity contribution in [2.75, 3.05) is 0 Å². The molecule has 134 valence electrons. The zero-order chi connectivity index (χ0) is 18.7. The second kappa shape index (κ2) is 7.69. The van der Waals surface area contributed by atoms with Gasteiger partial charge in [0.25, 0.3) is 0 Å². The number of aromatic nitrogens is 1. The maximum absolute atomic E-state index is 6.21. The van der Waals surface area contributed by atoms with E-state index in [-0.39, 0.29) is 0 Å². The average Bonchev–Trinajstić information content (AvgIpc) is 2.97. The van der Waals surface area contributed by atoms with Crippen LogP contribution in [0.25, 0.3) is 22.1 Å². The number of hydrogen-bond donors (Lipinski definition) is 0. The SMILES string of the molecule is C=C/C(=N/C(=C)CCC)c1c(CCC)ccc2c1oc1nc(C)ccc12. The third kappa shape index (κ3) is 3.34. The second-order valence-corrected chi connectivity index (χ2v) is 6.65. The lowest BCUT2D eigenvalue weighted by Gasteiger charge is -2.10. The molecule has 0 radical (unpaired) electrons. The zero-order valence-electron chi connectivity index (χ0n) is 15.9. The molecule has 0 amide bonds. The van der Waals surface area contributed by atoms with Gasteiger partial charge in [-0.2, -0.15) is 0 Å². The van der Waals surface area contributed by atoms with Gasteiger partial charge in [-0.25, -0.2) is 4.98 Å². The molecule has 0 fully saturated rings. The molecule has 0 saturated heterocycles. The molecular weight excluding hydrogens is 320 g/mol. The van der Waals surface area contributed by atoms with Gasteiger partial charge in [-0.1, -0.05) is 52.0 Å². The number of benzene rings is 1. The first-order chi connectivity index (χ1) is 12.6. The summed E-state index contributed by atoms with van der Waals surface area (Å²) < 4.78 is 6.21. The third-order valence-corrected chi connectivity index (χ3v) is 4.52. The Hall–Kier alpha value is -2.68. The molecule has 0 aliphatic rings. The maximum atomic E-state index is 6.21. The molecule has 1 aromatic carbocycles. The molecule has 3 rings (SSSR count). The van der Waals surface area contributed by atoms with E-state index in [2.05, 4.69) is 50.2 Å². The fourth-order valence-corrected chi connectivity index (χ4v) is 3.33. The van der Waals surface area contributed by atoms with Gasteiger partial charge in [-0.15, -0.1) is 0 Å². The predicted molar refractivity (Wildman–Crippen MR) is 111 cm³/mol. The van der Waals surface area contributed by atoms with E-state index in [4.69, 9.17) is 9.41 Å². The molecule has 3 nitrogen and oxygen atoms in total. The van der Waals surface area contributed by atoms with E-state index in [1.165, 1.54) is 5.56 Å². The molecule has 0 N–H and O–H groups in total. The van der Waals surface area contributed by atoms with Crippen LogP contribution >= 0.6 is 0 Å². The third-order valence-electron chi connectivity index (χ3n) is 4.52. The van der Waals surface area contributed by atoms with Crippen LogP contribution in [-0.2, 0) is 6.42 Å². The molecule has 0 saturated carbocycles. The summed E-state index contributed by atoms with van der Waals surface area (Å²) in [6, 6.07) is 8.40. The van der Waals surface area contributed by atoms with Crippen LogP contribution in [0.5, 0.6) is 0 Å². The first-order valence-corrected chi connectivity index (χ1v) is 9.30. The number of furan rings is 1. The van der Waals surface area contributed by atoms with Crippen LogP contribution < -0.4 is 0 Å². The summed E-state index contributed by atoms with van der Waals surface area (Å²) in [6.07, 6.45) is 5.71. The van der Waals surface area contributed by atoms with Crippen molar-refractivity contribution >= 4 is 27.8 Å². The highest BCUT2D eigenvalue weighted by Crippen LogP contribution is 2.33. The van der Waals surface area contributed by atoms with Crippen LogP contribution in [0, 0.1) is 6.92 Å². The summed E-state index contributed by atoms with van der Waals surface area (Å²) in [5.74, 6) is 0. The van der Waals surface area contributed by atoms with Gasteiger partial charge in [0.15, 0.2) is 0 Å². The van der Waals surface area contributed by atoms with Crippen molar-refractivity contribution in [1.29, 1.82) is 0 Å². The van der Waals surface area contributed by atoms with Crippen molar-refractivity contribution in [3.05, 3.63) is 66.0 Å². The van der Waals surface area contributed by atoms with Gasteiger partial charge in [-0.05, 0) is 43.5 Å². The minimum atomic E-state index is 0.672. The number of allylic oxidation sites excluding steroid dienone is 2. The first kappa shape index (κ1) is 18.1. The minimum Gasteiger partial charge on any atom is -0.437 e. The van der Waals surface area contributed by atoms with Crippen molar-refractivity contribution in [3.63, 3.8) is 0 Å². The van der Waals surface area contributed by atoms with Gasteiger partial charge < -0.3 is 4.42 Å². The summed E-state index contributed by atoms with van der Waals surface area (Å²) in [6.45, 7) is 14.4. The molecule has 0 aliphatic heterocycles. The number of fused-ring (bicyclic) bond motifs is 3. The standard InChI is InChI=1S/C23H26N2O/c1-6-9-15(4)24-20(8-3)21-17(10-7-2)12-14-18-19-13-11-16(5)25-23(19)26-22(18)21/h8,11-14H,3-4,6-7,9-10H2,1-2,5H3/b24-20-. The van der Waals surface area contributed by atoms with E-state index < -0.39 is 0 Å². The number of rotatable bonds is 7. The molecule has 2 aromatic heterocycles. The Kier molecular flexibility index (Phi) is 5.36.